The molecule has 0 spiro atoms. The average Bonchev–Trinajstić information content (AvgIpc) is 2.77. The van der Waals surface area contributed by atoms with E-state index in [0.717, 1.165) is 11.1 Å². The molecule has 0 saturated carbocycles. The van der Waals surface area contributed by atoms with E-state index in [4.69, 9.17) is 0 Å². The molecule has 0 saturated heterocycles. The van der Waals surface area contributed by atoms with Crippen molar-refractivity contribution < 1.29 is 14.4 Å². The lowest BCUT2D eigenvalue weighted by Gasteiger charge is -2.12. The fourth-order valence-electron chi connectivity index (χ4n) is 2.25. The van der Waals surface area contributed by atoms with E-state index in [2.05, 4.69) is 0 Å². The van der Waals surface area contributed by atoms with Crippen LogP contribution < -0.4 is 0 Å². The van der Waals surface area contributed by atoms with Gasteiger partial charge in [0.1, 0.15) is 17.5 Å². The zero-order chi connectivity index (χ0) is 12.7. The molecule has 0 N–H and O–H groups in total. The zero-order valence-corrected chi connectivity index (χ0v) is 9.19. The Morgan fingerprint density at radius 3 is 2.39 bits per heavy atom. The topological polar surface area (TPSA) is 51.2 Å². The maximum absolute atomic E-state index is 12.1. The van der Waals surface area contributed by atoms with Gasteiger partial charge in [0.25, 0.3) is 0 Å². The van der Waals surface area contributed by atoms with Gasteiger partial charge < -0.3 is 0 Å². The first-order chi connectivity index (χ1) is 8.76. The zero-order valence-electron chi connectivity index (χ0n) is 9.19. The largest absolute Gasteiger partial charge is 0.288 e. The summed E-state index contributed by atoms with van der Waals surface area (Å²) in [6, 6.07) is 7.47. The van der Waals surface area contributed by atoms with Crippen molar-refractivity contribution in [3.05, 3.63) is 58.2 Å². The highest BCUT2D eigenvalue weighted by atomic mass is 16.1. The molecule has 0 amide bonds. The van der Waals surface area contributed by atoms with Crippen molar-refractivity contribution in [1.29, 1.82) is 0 Å². The van der Waals surface area contributed by atoms with Crippen LogP contribution >= 0.6 is 0 Å². The minimum Gasteiger partial charge on any atom is -0.288 e. The molecule has 3 heteroatoms. The summed E-state index contributed by atoms with van der Waals surface area (Å²) in [4.78, 5) is 33.6. The SMILES string of the molecule is O=C=C1C=C2C(=Cc3ccccc32)C(=O)C1=C=O. The summed E-state index contributed by atoms with van der Waals surface area (Å²) in [5, 5.41) is 0. The lowest BCUT2D eigenvalue weighted by Crippen LogP contribution is -2.13. The summed E-state index contributed by atoms with van der Waals surface area (Å²) < 4.78 is 0. The molecule has 3 rings (SSSR count). The molecular formula is C15H6O3. The van der Waals surface area contributed by atoms with E-state index in [1.807, 2.05) is 24.3 Å². The van der Waals surface area contributed by atoms with E-state index < -0.39 is 5.78 Å². The minimum absolute atomic E-state index is 0.0288. The number of allylic oxidation sites excluding steroid dienone is 5. The summed E-state index contributed by atoms with van der Waals surface area (Å²) in [5.74, 6) is 2.69. The van der Waals surface area contributed by atoms with Gasteiger partial charge in [-0.25, -0.2) is 9.59 Å². The minimum atomic E-state index is -0.461. The molecule has 0 aromatic heterocycles. The van der Waals surface area contributed by atoms with Crippen LogP contribution in [0.15, 0.2) is 47.1 Å². The lowest BCUT2D eigenvalue weighted by atomic mass is 9.86. The second kappa shape index (κ2) is 3.64. The van der Waals surface area contributed by atoms with Crippen molar-refractivity contribution >= 4 is 29.3 Å². The van der Waals surface area contributed by atoms with Crippen LogP contribution in [0.25, 0.3) is 11.6 Å². The molecule has 2 aliphatic carbocycles. The molecule has 84 valence electrons. The van der Waals surface area contributed by atoms with Gasteiger partial charge in [-0.05, 0) is 28.9 Å². The van der Waals surface area contributed by atoms with E-state index in [0.29, 0.717) is 11.1 Å². The Morgan fingerprint density at radius 2 is 1.67 bits per heavy atom. The molecule has 0 fully saturated rings. The van der Waals surface area contributed by atoms with Crippen LogP contribution in [0, 0.1) is 0 Å². The first kappa shape index (κ1) is 10.4. The van der Waals surface area contributed by atoms with Crippen LogP contribution in [-0.2, 0) is 14.4 Å². The molecule has 0 atom stereocenters. The summed E-state index contributed by atoms with van der Waals surface area (Å²) in [5.41, 5.74) is 2.64. The van der Waals surface area contributed by atoms with Crippen LogP contribution in [0.5, 0.6) is 0 Å². The number of ketones is 1. The molecule has 0 radical (unpaired) electrons. The molecular weight excluding hydrogens is 228 g/mol. The van der Waals surface area contributed by atoms with Crippen LogP contribution in [-0.4, -0.2) is 17.7 Å². The van der Waals surface area contributed by atoms with E-state index in [9.17, 15) is 14.4 Å². The van der Waals surface area contributed by atoms with Crippen LogP contribution in [0.2, 0.25) is 0 Å². The number of Topliss-reactive ketones (excluding diaryl/α,β-unsaturated/α-hetero) is 1. The Hall–Kier alpha value is -2.73. The Kier molecular flexibility index (Phi) is 2.11. The Balaban J connectivity index is 2.35. The average molecular weight is 234 g/mol. The summed E-state index contributed by atoms with van der Waals surface area (Å²) in [6.07, 6.45) is 3.24. The lowest BCUT2D eigenvalue weighted by molar-refractivity contribution is -0.111. The van der Waals surface area contributed by atoms with Gasteiger partial charge in [0, 0.05) is 5.57 Å². The molecule has 0 aliphatic heterocycles. The monoisotopic (exact) mass is 234 g/mol. The summed E-state index contributed by atoms with van der Waals surface area (Å²) >= 11 is 0. The highest BCUT2D eigenvalue weighted by Crippen LogP contribution is 2.41. The van der Waals surface area contributed by atoms with E-state index >= 15 is 0 Å². The first-order valence-electron chi connectivity index (χ1n) is 5.34. The van der Waals surface area contributed by atoms with Gasteiger partial charge >= 0.3 is 0 Å². The molecule has 1 aromatic carbocycles. The van der Waals surface area contributed by atoms with E-state index in [-0.39, 0.29) is 11.1 Å². The van der Waals surface area contributed by atoms with Gasteiger partial charge in [-0.3, -0.25) is 4.79 Å². The quantitative estimate of drug-likeness (QED) is 0.505. The van der Waals surface area contributed by atoms with E-state index in [1.54, 1.807) is 12.0 Å². The van der Waals surface area contributed by atoms with Crippen LogP contribution in [0.1, 0.15) is 11.1 Å². The predicted molar refractivity (Wildman–Crippen MR) is 65.8 cm³/mol. The van der Waals surface area contributed by atoms with Crippen molar-refractivity contribution in [2.24, 2.45) is 0 Å². The first-order valence-corrected chi connectivity index (χ1v) is 5.34. The number of hydrogen-bond donors (Lipinski definition) is 0. The number of fused-ring (bicyclic) bond motifs is 3. The van der Waals surface area contributed by atoms with Gasteiger partial charge in [-0.1, -0.05) is 24.3 Å². The summed E-state index contributed by atoms with van der Waals surface area (Å²) in [6.45, 7) is 0. The Labute approximate surface area is 102 Å². The number of carbonyl (C=O) groups is 1. The highest BCUT2D eigenvalue weighted by molar-refractivity contribution is 6.31. The van der Waals surface area contributed by atoms with Crippen LogP contribution in [0.4, 0.5) is 0 Å². The normalized spacial score (nSPS) is 16.3. The number of rotatable bonds is 0. The van der Waals surface area contributed by atoms with Gasteiger partial charge in [0.05, 0.1) is 5.57 Å². The van der Waals surface area contributed by atoms with Gasteiger partial charge in [0.15, 0.2) is 0 Å². The van der Waals surface area contributed by atoms with Crippen molar-refractivity contribution in [3.63, 3.8) is 0 Å². The maximum Gasteiger partial charge on any atom is 0.206 e. The fourth-order valence-corrected chi connectivity index (χ4v) is 2.25. The van der Waals surface area contributed by atoms with Gasteiger partial charge in [-0.15, -0.1) is 0 Å². The third kappa shape index (κ3) is 1.23. The molecule has 0 bridgehead atoms. The molecule has 18 heavy (non-hydrogen) atoms. The maximum atomic E-state index is 12.1. The summed E-state index contributed by atoms with van der Waals surface area (Å²) in [7, 11) is 0. The molecule has 2 aliphatic rings. The second-order valence-electron chi connectivity index (χ2n) is 4.03. The highest BCUT2D eigenvalue weighted by Gasteiger charge is 2.32. The van der Waals surface area contributed by atoms with Crippen molar-refractivity contribution in [2.75, 3.05) is 0 Å². The second-order valence-corrected chi connectivity index (χ2v) is 4.03. The van der Waals surface area contributed by atoms with Crippen molar-refractivity contribution in [1.82, 2.24) is 0 Å². The third-order valence-corrected chi connectivity index (χ3v) is 3.08. The molecule has 1 aromatic rings. The number of hydrogen-bond acceptors (Lipinski definition) is 3. The van der Waals surface area contributed by atoms with E-state index in [1.165, 1.54) is 12.0 Å². The fraction of sp³-hybridized carbons (Fsp3) is 0. The smallest absolute Gasteiger partial charge is 0.206 e. The molecule has 0 unspecified atom stereocenters. The standard InChI is InChI=1S/C15H6O3/c16-7-10-6-12-11-4-2-1-3-9(11)5-13(12)15(18)14(10)8-17/h1-6H. The van der Waals surface area contributed by atoms with Gasteiger partial charge in [-0.2, -0.15) is 0 Å². The number of benzene rings is 1. The predicted octanol–water partition coefficient (Wildman–Crippen LogP) is 1.57. The Bertz CT molecular complexity index is 750. The molecule has 0 heterocycles. The Morgan fingerprint density at radius 1 is 0.889 bits per heavy atom. The van der Waals surface area contributed by atoms with Crippen LogP contribution in [0.3, 0.4) is 0 Å². The number of carbonyl (C=O) groups excluding carboxylic acids is 3. The van der Waals surface area contributed by atoms with Crippen molar-refractivity contribution in [2.45, 2.75) is 0 Å². The van der Waals surface area contributed by atoms with Gasteiger partial charge in [0.2, 0.25) is 5.78 Å². The molecule has 3 nitrogen and oxygen atoms in total. The van der Waals surface area contributed by atoms with Crippen molar-refractivity contribution in [3.8, 4) is 0 Å². The third-order valence-electron chi connectivity index (χ3n) is 3.08.